The smallest absolute Gasteiger partial charge is 0.367 e. The van der Waals surface area contributed by atoms with Gasteiger partial charge in [0.25, 0.3) is 0 Å². The quantitative estimate of drug-likeness (QED) is 0.773. The molecule has 0 spiro atoms. The van der Waals surface area contributed by atoms with Crippen LogP contribution in [0.4, 0.5) is 13.2 Å². The number of halogens is 3. The highest BCUT2D eigenvalue weighted by Crippen LogP contribution is 2.31. The molecule has 8 heteroatoms. The molecule has 0 aromatic rings. The fraction of sp³-hybridized carbons (Fsp3) is 1.00. The molecule has 0 aromatic carbocycles. The van der Waals surface area contributed by atoms with Gasteiger partial charge in [0.05, 0.1) is 11.9 Å². The highest BCUT2D eigenvalue weighted by atomic mass is 32.2. The molecule has 1 atom stereocenters. The molecule has 1 saturated carbocycles. The maximum atomic E-state index is 12.5. The van der Waals surface area contributed by atoms with Crippen LogP contribution in [0.15, 0.2) is 0 Å². The molecule has 0 aromatic heterocycles. The van der Waals surface area contributed by atoms with Crippen molar-refractivity contribution >= 4 is 10.0 Å². The van der Waals surface area contributed by atoms with Crippen LogP contribution in [0.3, 0.4) is 0 Å². The highest BCUT2D eigenvalue weighted by Gasteiger charge is 2.44. The zero-order chi connectivity index (χ0) is 13.4. The molecule has 2 aliphatic rings. The molecule has 1 saturated heterocycles. The normalized spacial score (nSPS) is 28.7. The average molecular weight is 287 g/mol. The summed E-state index contributed by atoms with van der Waals surface area (Å²) in [5, 5.41) is -0.403. The van der Waals surface area contributed by atoms with E-state index in [2.05, 4.69) is 0 Å². The predicted molar refractivity (Wildman–Crippen MR) is 58.5 cm³/mol. The largest absolute Gasteiger partial charge is 0.414 e. The van der Waals surface area contributed by atoms with Crippen LogP contribution in [0.5, 0.6) is 0 Å². The van der Waals surface area contributed by atoms with E-state index in [1.165, 1.54) is 0 Å². The molecule has 4 nitrogen and oxygen atoms in total. The van der Waals surface area contributed by atoms with Crippen molar-refractivity contribution < 1.29 is 26.3 Å². The van der Waals surface area contributed by atoms with Crippen molar-refractivity contribution in [1.29, 1.82) is 0 Å². The number of sulfonamides is 1. The summed E-state index contributed by atoms with van der Waals surface area (Å²) >= 11 is 0. The Hall–Kier alpha value is -0.340. The first-order valence-electron chi connectivity index (χ1n) is 5.99. The first-order chi connectivity index (χ1) is 8.32. The van der Waals surface area contributed by atoms with Crippen molar-refractivity contribution in [3.05, 3.63) is 0 Å². The van der Waals surface area contributed by atoms with E-state index < -0.39 is 27.6 Å². The van der Waals surface area contributed by atoms with E-state index in [4.69, 9.17) is 4.74 Å². The van der Waals surface area contributed by atoms with Crippen LogP contribution in [-0.4, -0.2) is 49.9 Å². The Bertz CT molecular complexity index is 392. The van der Waals surface area contributed by atoms with Gasteiger partial charge in [-0.05, 0) is 19.3 Å². The molecule has 2 fully saturated rings. The molecule has 0 radical (unpaired) electrons. The lowest BCUT2D eigenvalue weighted by atomic mass is 10.0. The number of alkyl halides is 3. The van der Waals surface area contributed by atoms with E-state index in [9.17, 15) is 21.6 Å². The Balaban J connectivity index is 2.01. The fourth-order valence-electron chi connectivity index (χ4n) is 2.15. The maximum absolute atomic E-state index is 12.5. The molecule has 1 unspecified atom stereocenters. The number of hydrogen-bond acceptors (Lipinski definition) is 3. The van der Waals surface area contributed by atoms with Gasteiger partial charge in [0, 0.05) is 13.1 Å². The van der Waals surface area contributed by atoms with Gasteiger partial charge >= 0.3 is 6.18 Å². The SMILES string of the molecule is O=S(=O)(C1CCC1)N1CCOC(C(F)(F)F)CC1. The van der Waals surface area contributed by atoms with Crippen molar-refractivity contribution in [3.8, 4) is 0 Å². The van der Waals surface area contributed by atoms with Gasteiger partial charge in [-0.2, -0.15) is 17.5 Å². The molecular weight excluding hydrogens is 271 g/mol. The van der Waals surface area contributed by atoms with Crippen LogP contribution in [0.1, 0.15) is 25.7 Å². The monoisotopic (exact) mass is 287 g/mol. The number of ether oxygens (including phenoxy) is 1. The van der Waals surface area contributed by atoms with Gasteiger partial charge < -0.3 is 4.74 Å². The number of nitrogens with zero attached hydrogens (tertiary/aromatic N) is 1. The Kier molecular flexibility index (Phi) is 3.89. The van der Waals surface area contributed by atoms with Gasteiger partial charge in [-0.1, -0.05) is 6.42 Å². The first-order valence-corrected chi connectivity index (χ1v) is 7.49. The average Bonchev–Trinajstić information content (AvgIpc) is 2.37. The molecule has 18 heavy (non-hydrogen) atoms. The van der Waals surface area contributed by atoms with Crippen molar-refractivity contribution in [1.82, 2.24) is 4.31 Å². The topological polar surface area (TPSA) is 46.6 Å². The Labute approximate surface area is 104 Å². The van der Waals surface area contributed by atoms with Gasteiger partial charge in [0.2, 0.25) is 10.0 Å². The van der Waals surface area contributed by atoms with Crippen LogP contribution in [0, 0.1) is 0 Å². The van der Waals surface area contributed by atoms with Crippen LogP contribution >= 0.6 is 0 Å². The summed E-state index contributed by atoms with van der Waals surface area (Å²) in [5.41, 5.74) is 0. The van der Waals surface area contributed by atoms with Crippen molar-refractivity contribution in [2.75, 3.05) is 19.7 Å². The minimum absolute atomic E-state index is 0.0193. The summed E-state index contributed by atoms with van der Waals surface area (Å²) < 4.78 is 67.4. The van der Waals surface area contributed by atoms with Crippen molar-refractivity contribution in [2.24, 2.45) is 0 Å². The molecule has 1 aliphatic heterocycles. The fourth-order valence-corrected chi connectivity index (χ4v) is 4.18. The Morgan fingerprint density at radius 1 is 1.11 bits per heavy atom. The van der Waals surface area contributed by atoms with E-state index >= 15 is 0 Å². The third-order valence-corrected chi connectivity index (χ3v) is 5.90. The summed E-state index contributed by atoms with van der Waals surface area (Å²) in [6.07, 6.45) is -4.49. The summed E-state index contributed by atoms with van der Waals surface area (Å²) in [6, 6.07) is 0. The van der Waals surface area contributed by atoms with Crippen LogP contribution in [0.25, 0.3) is 0 Å². The summed E-state index contributed by atoms with van der Waals surface area (Å²) in [7, 11) is -3.43. The van der Waals surface area contributed by atoms with Gasteiger partial charge in [-0.3, -0.25) is 0 Å². The lowest BCUT2D eigenvalue weighted by molar-refractivity contribution is -0.218. The van der Waals surface area contributed by atoms with Gasteiger partial charge in [0.1, 0.15) is 0 Å². The molecule has 1 aliphatic carbocycles. The molecule has 1 heterocycles. The van der Waals surface area contributed by atoms with Crippen molar-refractivity contribution in [3.63, 3.8) is 0 Å². The number of hydrogen-bond donors (Lipinski definition) is 0. The molecule has 0 amide bonds. The van der Waals surface area contributed by atoms with E-state index in [0.717, 1.165) is 10.7 Å². The molecule has 0 bridgehead atoms. The maximum Gasteiger partial charge on any atom is 0.414 e. The lowest BCUT2D eigenvalue weighted by Crippen LogP contribution is -2.43. The highest BCUT2D eigenvalue weighted by molar-refractivity contribution is 7.89. The number of rotatable bonds is 2. The van der Waals surface area contributed by atoms with E-state index in [-0.39, 0.29) is 26.1 Å². The Morgan fingerprint density at radius 2 is 1.78 bits per heavy atom. The third-order valence-electron chi connectivity index (χ3n) is 3.50. The van der Waals surface area contributed by atoms with E-state index in [0.29, 0.717) is 12.8 Å². The van der Waals surface area contributed by atoms with Crippen LogP contribution in [-0.2, 0) is 14.8 Å². The van der Waals surface area contributed by atoms with Crippen molar-refractivity contribution in [2.45, 2.75) is 43.2 Å². The van der Waals surface area contributed by atoms with Crippen LogP contribution < -0.4 is 0 Å². The third kappa shape index (κ3) is 2.80. The molecular formula is C10H16F3NO3S. The summed E-state index contributed by atoms with van der Waals surface area (Å²) in [5.74, 6) is 0. The van der Waals surface area contributed by atoms with Gasteiger partial charge in [-0.15, -0.1) is 0 Å². The molecule has 0 N–H and O–H groups in total. The molecule has 106 valence electrons. The zero-order valence-electron chi connectivity index (χ0n) is 9.82. The van der Waals surface area contributed by atoms with Crippen LogP contribution in [0.2, 0.25) is 0 Å². The zero-order valence-corrected chi connectivity index (χ0v) is 10.6. The second-order valence-corrected chi connectivity index (χ2v) is 6.90. The second-order valence-electron chi connectivity index (χ2n) is 4.69. The van der Waals surface area contributed by atoms with E-state index in [1.807, 2.05) is 0 Å². The first kappa shape index (κ1) is 14.1. The summed E-state index contributed by atoms with van der Waals surface area (Å²) in [6.45, 7) is -0.287. The van der Waals surface area contributed by atoms with Gasteiger partial charge in [-0.25, -0.2) is 8.42 Å². The lowest BCUT2D eigenvalue weighted by Gasteiger charge is -2.31. The minimum atomic E-state index is -4.42. The predicted octanol–water partition coefficient (Wildman–Crippen LogP) is 1.52. The standard InChI is InChI=1S/C10H16F3NO3S/c11-10(12,13)9-4-5-14(6-7-17-9)18(15,16)8-2-1-3-8/h8-9H,1-7H2. The minimum Gasteiger partial charge on any atom is -0.367 e. The van der Waals surface area contributed by atoms with Gasteiger partial charge in [0.15, 0.2) is 6.10 Å². The Morgan fingerprint density at radius 3 is 2.28 bits per heavy atom. The molecule has 2 rings (SSSR count). The second kappa shape index (κ2) is 4.97. The summed E-state index contributed by atoms with van der Waals surface area (Å²) in [4.78, 5) is 0. The van der Waals surface area contributed by atoms with E-state index in [1.54, 1.807) is 0 Å².